The molecule has 1 aliphatic heterocycles. The Morgan fingerprint density at radius 3 is 2.55 bits per heavy atom. The Hall–Kier alpha value is -2.03. The Labute approximate surface area is 121 Å². The van der Waals surface area contributed by atoms with Crippen LogP contribution in [0.2, 0.25) is 0 Å². The van der Waals surface area contributed by atoms with Crippen LogP contribution in [-0.4, -0.2) is 6.50 Å². The van der Waals surface area contributed by atoms with Crippen molar-refractivity contribution in [1.29, 1.82) is 0 Å². The smallest absolute Gasteiger partial charge is 0.123 e. The zero-order valence-corrected chi connectivity index (χ0v) is 11.7. The minimum absolute atomic E-state index is 0.169. The van der Waals surface area contributed by atoms with E-state index in [9.17, 15) is 4.39 Å². The molecule has 104 valence electrons. The minimum atomic E-state index is -1.56. The molecule has 2 N–H and O–H groups in total. The summed E-state index contributed by atoms with van der Waals surface area (Å²) in [4.78, 5) is 1.73. The molecule has 2 aromatic rings. The quantitative estimate of drug-likeness (QED) is 0.804. The van der Waals surface area contributed by atoms with Crippen molar-refractivity contribution in [3.8, 4) is 0 Å². The molecule has 0 unspecified atom stereocenters. The highest BCUT2D eigenvalue weighted by Crippen LogP contribution is 2.29. The Bertz CT molecular complexity index is 720. The fourth-order valence-electron chi connectivity index (χ4n) is 2.61. The largest absolute Gasteiger partial charge is 0.398 e. The number of hydrogen-bond donors (Lipinski definition) is 1. The predicted molar refractivity (Wildman–Crippen MR) is 81.5 cm³/mol. The first-order valence-electron chi connectivity index (χ1n) is 7.69. The Morgan fingerprint density at radius 1 is 1.15 bits per heavy atom. The average molecular weight is 272 g/mol. The van der Waals surface area contributed by atoms with Crippen LogP contribution in [0.3, 0.4) is 0 Å². The summed E-state index contributed by atoms with van der Waals surface area (Å²) in [5, 5.41) is 0. The van der Waals surface area contributed by atoms with Gasteiger partial charge in [0.1, 0.15) is 5.82 Å². The third-order valence-electron chi connectivity index (χ3n) is 3.85. The van der Waals surface area contributed by atoms with Gasteiger partial charge in [-0.05, 0) is 66.8 Å². The molecule has 0 amide bonds. The molecule has 3 heteroatoms. The number of rotatable bonds is 1. The molecular formula is C17H19FN2. The lowest BCUT2D eigenvalue weighted by molar-refractivity contribution is 0.619. The van der Waals surface area contributed by atoms with E-state index in [1.54, 1.807) is 11.0 Å². The number of aryl methyl sites for hydroxylation is 3. The topological polar surface area (TPSA) is 29.3 Å². The van der Waals surface area contributed by atoms with Gasteiger partial charge in [0.2, 0.25) is 0 Å². The van der Waals surface area contributed by atoms with Crippen LogP contribution in [-0.2, 0) is 13.0 Å². The maximum atomic E-state index is 13.4. The van der Waals surface area contributed by atoms with Gasteiger partial charge in [-0.15, -0.1) is 0 Å². The molecule has 2 aromatic carbocycles. The van der Waals surface area contributed by atoms with Crippen LogP contribution < -0.4 is 10.6 Å². The average Bonchev–Trinajstić information content (AvgIpc) is 2.42. The van der Waals surface area contributed by atoms with E-state index in [2.05, 4.69) is 0 Å². The van der Waals surface area contributed by atoms with Crippen molar-refractivity contribution in [2.24, 2.45) is 0 Å². The van der Waals surface area contributed by atoms with Gasteiger partial charge < -0.3 is 10.6 Å². The summed E-state index contributed by atoms with van der Waals surface area (Å²) in [6.45, 7) is 2.71. The fraction of sp³-hybridized carbons (Fsp3) is 0.294. The summed E-state index contributed by atoms with van der Waals surface area (Å²) in [6.07, 6.45) is 0.169. The lowest BCUT2D eigenvalue weighted by Gasteiger charge is -2.31. The van der Waals surface area contributed by atoms with Gasteiger partial charge in [0.25, 0.3) is 0 Å². The number of hydrogen-bond acceptors (Lipinski definition) is 2. The van der Waals surface area contributed by atoms with Crippen molar-refractivity contribution in [3.05, 3.63) is 58.4 Å². The summed E-state index contributed by atoms with van der Waals surface area (Å²) >= 11 is 0. The summed E-state index contributed by atoms with van der Waals surface area (Å²) < 4.78 is 30.1. The number of anilines is 2. The molecule has 0 saturated heterocycles. The molecule has 0 spiro atoms. The van der Waals surface area contributed by atoms with Gasteiger partial charge in [-0.2, -0.15) is 0 Å². The van der Waals surface area contributed by atoms with Crippen molar-refractivity contribution in [2.75, 3.05) is 17.1 Å². The zero-order chi connectivity index (χ0) is 16.1. The van der Waals surface area contributed by atoms with E-state index in [0.717, 1.165) is 33.6 Å². The molecular weight excluding hydrogens is 251 g/mol. The molecule has 0 saturated carbocycles. The SMILES string of the molecule is [2H]C1([2H])Cc2cc(F)ccc2CN1c1cc(C)c(N)c(C)c1. The van der Waals surface area contributed by atoms with E-state index < -0.39 is 6.50 Å². The number of nitrogen functional groups attached to an aromatic ring is 1. The third-order valence-corrected chi connectivity index (χ3v) is 3.85. The molecule has 3 rings (SSSR count). The summed E-state index contributed by atoms with van der Waals surface area (Å²) in [5.74, 6) is -0.317. The first-order valence-corrected chi connectivity index (χ1v) is 6.69. The van der Waals surface area contributed by atoms with E-state index >= 15 is 0 Å². The van der Waals surface area contributed by atoms with Crippen molar-refractivity contribution in [3.63, 3.8) is 0 Å². The predicted octanol–water partition coefficient (Wildman–Crippen LogP) is 3.59. The normalized spacial score (nSPS) is 18.2. The van der Waals surface area contributed by atoms with E-state index in [1.807, 2.05) is 26.0 Å². The van der Waals surface area contributed by atoms with Crippen molar-refractivity contribution >= 4 is 11.4 Å². The Kier molecular flexibility index (Phi) is 2.58. The van der Waals surface area contributed by atoms with E-state index in [-0.39, 0.29) is 12.2 Å². The molecule has 0 atom stereocenters. The van der Waals surface area contributed by atoms with Gasteiger partial charge in [0.05, 0.1) is 0 Å². The van der Waals surface area contributed by atoms with Crippen LogP contribution >= 0.6 is 0 Å². The number of nitrogens with two attached hydrogens (primary N) is 1. The summed E-state index contributed by atoms with van der Waals surface area (Å²) in [5.41, 5.74) is 11.1. The maximum Gasteiger partial charge on any atom is 0.123 e. The van der Waals surface area contributed by atoms with Crippen LogP contribution in [0.4, 0.5) is 15.8 Å². The van der Waals surface area contributed by atoms with E-state index in [0.29, 0.717) is 6.54 Å². The Morgan fingerprint density at radius 2 is 1.85 bits per heavy atom. The molecule has 1 aliphatic rings. The number of benzene rings is 2. The van der Waals surface area contributed by atoms with Crippen LogP contribution in [0.5, 0.6) is 0 Å². The highest BCUT2D eigenvalue weighted by atomic mass is 19.1. The molecule has 0 aliphatic carbocycles. The fourth-order valence-corrected chi connectivity index (χ4v) is 2.61. The molecule has 0 bridgehead atoms. The van der Waals surface area contributed by atoms with Gasteiger partial charge in [-0.25, -0.2) is 4.39 Å². The van der Waals surface area contributed by atoms with E-state index in [1.165, 1.54) is 12.1 Å². The highest BCUT2D eigenvalue weighted by Gasteiger charge is 2.18. The lowest BCUT2D eigenvalue weighted by atomic mass is 9.98. The molecule has 0 fully saturated rings. The summed E-state index contributed by atoms with van der Waals surface area (Å²) in [6, 6.07) is 8.43. The summed E-state index contributed by atoms with van der Waals surface area (Å²) in [7, 11) is 0. The first-order chi connectivity index (χ1) is 10.3. The van der Waals surface area contributed by atoms with Crippen LogP contribution in [0.25, 0.3) is 0 Å². The molecule has 2 nitrogen and oxygen atoms in total. The molecule has 0 radical (unpaired) electrons. The van der Waals surface area contributed by atoms with Crippen LogP contribution in [0.1, 0.15) is 25.0 Å². The third kappa shape index (κ3) is 2.24. The molecule has 20 heavy (non-hydrogen) atoms. The van der Waals surface area contributed by atoms with Gasteiger partial charge in [0.15, 0.2) is 0 Å². The van der Waals surface area contributed by atoms with Crippen molar-refractivity contribution in [1.82, 2.24) is 0 Å². The second-order valence-electron chi connectivity index (χ2n) is 5.33. The lowest BCUT2D eigenvalue weighted by Crippen LogP contribution is -2.30. The van der Waals surface area contributed by atoms with Gasteiger partial charge >= 0.3 is 0 Å². The monoisotopic (exact) mass is 272 g/mol. The number of fused-ring (bicyclic) bond motifs is 1. The molecule has 1 heterocycles. The number of nitrogens with zero attached hydrogens (tertiary/aromatic N) is 1. The van der Waals surface area contributed by atoms with Crippen LogP contribution in [0, 0.1) is 19.7 Å². The standard InChI is InChI=1S/C17H19FN2/c1-11-7-16(8-12(2)17(11)19)20-6-5-13-9-15(18)4-3-14(13)10-20/h3-4,7-9H,5-6,10,19H2,1-2H3/i6D2. The maximum absolute atomic E-state index is 13.4. The van der Waals surface area contributed by atoms with Gasteiger partial charge in [-0.3, -0.25) is 0 Å². The second kappa shape index (κ2) is 4.82. The van der Waals surface area contributed by atoms with E-state index in [4.69, 9.17) is 8.48 Å². The minimum Gasteiger partial charge on any atom is -0.398 e. The Balaban J connectivity index is 2.06. The van der Waals surface area contributed by atoms with Crippen LogP contribution in [0.15, 0.2) is 30.3 Å². The second-order valence-corrected chi connectivity index (χ2v) is 5.33. The zero-order valence-electron chi connectivity index (χ0n) is 13.7. The van der Waals surface area contributed by atoms with Gasteiger partial charge in [-0.1, -0.05) is 6.07 Å². The van der Waals surface area contributed by atoms with Crippen molar-refractivity contribution < 1.29 is 7.13 Å². The molecule has 0 aromatic heterocycles. The van der Waals surface area contributed by atoms with Gasteiger partial charge in [0, 0.05) is 27.2 Å². The van der Waals surface area contributed by atoms with Crippen molar-refractivity contribution in [2.45, 2.75) is 26.8 Å². The number of halogens is 1. The first kappa shape index (κ1) is 10.7. The highest BCUT2D eigenvalue weighted by molar-refractivity contribution is 5.63.